The molecule has 1 atom stereocenters. The van der Waals surface area contributed by atoms with Gasteiger partial charge >= 0.3 is 0 Å². The molecule has 2 aromatic carbocycles. The van der Waals surface area contributed by atoms with Gasteiger partial charge in [-0.25, -0.2) is 0 Å². The Morgan fingerprint density at radius 1 is 1.26 bits per heavy atom. The normalized spacial score (nSPS) is 14.2. The summed E-state index contributed by atoms with van der Waals surface area (Å²) in [6.07, 6.45) is 1.01. The molecule has 0 aliphatic carbocycles. The number of fused-ring (bicyclic) bond motifs is 1. The molecule has 3 rings (SSSR count). The molecule has 1 N–H and O–H groups in total. The highest BCUT2D eigenvalue weighted by molar-refractivity contribution is 6.32. The minimum absolute atomic E-state index is 0.100. The summed E-state index contributed by atoms with van der Waals surface area (Å²) < 4.78 is 16.7. The summed E-state index contributed by atoms with van der Waals surface area (Å²) in [5.41, 5.74) is 2.84. The number of ether oxygens (including phenoxy) is 3. The van der Waals surface area contributed by atoms with E-state index in [1.165, 1.54) is 0 Å². The van der Waals surface area contributed by atoms with E-state index < -0.39 is 0 Å². The average Bonchev–Trinajstić information content (AvgIpc) is 2.87. The summed E-state index contributed by atoms with van der Waals surface area (Å²) in [6, 6.07) is 9.32. The number of aryl methyl sites for hydroxylation is 1. The highest BCUT2D eigenvalue weighted by atomic mass is 35.5. The van der Waals surface area contributed by atoms with Crippen LogP contribution in [0, 0.1) is 6.92 Å². The second kappa shape index (κ2) is 8.53. The van der Waals surface area contributed by atoms with Crippen molar-refractivity contribution >= 4 is 17.5 Å². The third-order valence-corrected chi connectivity index (χ3v) is 4.74. The van der Waals surface area contributed by atoms with Gasteiger partial charge in [-0.1, -0.05) is 29.3 Å². The van der Waals surface area contributed by atoms with Crippen LogP contribution < -0.4 is 19.5 Å². The molecule has 6 heteroatoms. The molecule has 0 saturated carbocycles. The third-order valence-electron chi connectivity index (χ3n) is 4.46. The number of hydrogen-bond acceptors (Lipinski definition) is 4. The number of benzene rings is 2. The fraction of sp³-hybridized carbons (Fsp3) is 0.381. The van der Waals surface area contributed by atoms with Crippen molar-refractivity contribution in [2.24, 2.45) is 0 Å². The van der Waals surface area contributed by atoms with Crippen molar-refractivity contribution in [2.45, 2.75) is 32.7 Å². The highest BCUT2D eigenvalue weighted by Crippen LogP contribution is 2.38. The second-order valence-corrected chi connectivity index (χ2v) is 7.07. The number of methoxy groups -OCH3 is 1. The predicted octanol–water partition coefficient (Wildman–Crippen LogP) is 4.24. The number of carbonyl (C=O) groups is 1. The van der Waals surface area contributed by atoms with E-state index >= 15 is 0 Å². The molecule has 144 valence electrons. The number of rotatable bonds is 5. The zero-order chi connectivity index (χ0) is 19.4. The first kappa shape index (κ1) is 19.4. The number of carbonyl (C=O) groups excluding carboxylic acids is 1. The van der Waals surface area contributed by atoms with E-state index in [9.17, 15) is 4.79 Å². The third kappa shape index (κ3) is 4.66. The van der Waals surface area contributed by atoms with E-state index in [2.05, 4.69) is 5.32 Å². The van der Waals surface area contributed by atoms with E-state index in [1.807, 2.05) is 38.1 Å². The summed E-state index contributed by atoms with van der Waals surface area (Å²) in [5.74, 6) is 1.80. The molecule has 1 aliphatic heterocycles. The molecule has 1 aliphatic rings. The van der Waals surface area contributed by atoms with Crippen molar-refractivity contribution in [3.05, 3.63) is 52.0 Å². The summed E-state index contributed by atoms with van der Waals surface area (Å²) in [5, 5.41) is 3.49. The predicted molar refractivity (Wildman–Crippen MR) is 105 cm³/mol. The number of nitrogens with one attached hydrogen (secondary N) is 1. The van der Waals surface area contributed by atoms with Gasteiger partial charge in [0.15, 0.2) is 11.5 Å². The minimum Gasteiger partial charge on any atom is -0.496 e. The maximum atomic E-state index is 12.6. The zero-order valence-corrected chi connectivity index (χ0v) is 16.6. The molecule has 27 heavy (non-hydrogen) atoms. The quantitative estimate of drug-likeness (QED) is 0.831. The molecular weight excluding hydrogens is 366 g/mol. The van der Waals surface area contributed by atoms with Crippen molar-refractivity contribution in [1.82, 2.24) is 5.32 Å². The van der Waals surface area contributed by atoms with Crippen molar-refractivity contribution in [2.75, 3.05) is 20.3 Å². The van der Waals surface area contributed by atoms with Gasteiger partial charge in [-0.05, 0) is 37.6 Å². The van der Waals surface area contributed by atoms with E-state index in [-0.39, 0.29) is 18.4 Å². The van der Waals surface area contributed by atoms with Crippen LogP contribution in [-0.4, -0.2) is 26.2 Å². The number of amides is 1. The lowest BCUT2D eigenvalue weighted by Gasteiger charge is -2.18. The Morgan fingerprint density at radius 3 is 2.81 bits per heavy atom. The van der Waals surface area contributed by atoms with Crippen molar-refractivity contribution in [1.29, 1.82) is 0 Å². The summed E-state index contributed by atoms with van der Waals surface area (Å²) in [7, 11) is 1.63. The van der Waals surface area contributed by atoms with Crippen LogP contribution in [0.3, 0.4) is 0 Å². The standard InChI is InChI=1S/C21H24ClNO4/c1-13-5-6-18(25-3)16(9-13)14(2)23-20(24)12-15-10-17(22)21-19(11-15)26-7-4-8-27-21/h5-6,9-11,14H,4,7-8,12H2,1-3H3,(H,23,24). The molecule has 1 amide bonds. The SMILES string of the molecule is COc1ccc(C)cc1C(C)NC(=O)Cc1cc(Cl)c2c(c1)OCCCO2. The van der Waals surface area contributed by atoms with Crippen LogP contribution in [0.15, 0.2) is 30.3 Å². The van der Waals surface area contributed by atoms with E-state index in [0.717, 1.165) is 28.9 Å². The lowest BCUT2D eigenvalue weighted by Crippen LogP contribution is -2.28. The molecule has 2 aromatic rings. The summed E-state index contributed by atoms with van der Waals surface area (Å²) in [6.45, 7) is 5.10. The molecule has 5 nitrogen and oxygen atoms in total. The van der Waals surface area contributed by atoms with Crippen LogP contribution in [0.2, 0.25) is 5.02 Å². The first-order valence-electron chi connectivity index (χ1n) is 9.00. The molecule has 0 fully saturated rings. The van der Waals surface area contributed by atoms with Crippen LogP contribution in [-0.2, 0) is 11.2 Å². The van der Waals surface area contributed by atoms with Gasteiger partial charge in [0.25, 0.3) is 0 Å². The van der Waals surface area contributed by atoms with Crippen LogP contribution in [0.5, 0.6) is 17.2 Å². The van der Waals surface area contributed by atoms with Gasteiger partial charge in [0.05, 0.1) is 37.8 Å². The largest absolute Gasteiger partial charge is 0.496 e. The van der Waals surface area contributed by atoms with E-state index in [0.29, 0.717) is 29.7 Å². The minimum atomic E-state index is -0.178. The molecule has 0 aromatic heterocycles. The Labute approximate surface area is 164 Å². The van der Waals surface area contributed by atoms with Gasteiger partial charge in [0.2, 0.25) is 5.91 Å². The summed E-state index contributed by atoms with van der Waals surface area (Å²) >= 11 is 6.31. The molecular formula is C21H24ClNO4. The fourth-order valence-electron chi connectivity index (χ4n) is 3.13. The summed E-state index contributed by atoms with van der Waals surface area (Å²) in [4.78, 5) is 12.6. The highest BCUT2D eigenvalue weighted by Gasteiger charge is 2.18. The number of hydrogen-bond donors (Lipinski definition) is 1. The van der Waals surface area contributed by atoms with Crippen LogP contribution in [0.1, 0.15) is 36.1 Å². The van der Waals surface area contributed by atoms with Crippen LogP contribution in [0.4, 0.5) is 0 Å². The maximum Gasteiger partial charge on any atom is 0.224 e. The van der Waals surface area contributed by atoms with Gasteiger partial charge in [-0.2, -0.15) is 0 Å². The molecule has 0 saturated heterocycles. The second-order valence-electron chi connectivity index (χ2n) is 6.67. The van der Waals surface area contributed by atoms with E-state index in [1.54, 1.807) is 13.2 Å². The van der Waals surface area contributed by atoms with Gasteiger partial charge < -0.3 is 19.5 Å². The Balaban J connectivity index is 1.72. The molecule has 0 radical (unpaired) electrons. The first-order valence-corrected chi connectivity index (χ1v) is 9.37. The van der Waals surface area contributed by atoms with Crippen LogP contribution in [0.25, 0.3) is 0 Å². The molecule has 1 heterocycles. The molecule has 1 unspecified atom stereocenters. The van der Waals surface area contributed by atoms with Crippen molar-refractivity contribution in [3.8, 4) is 17.2 Å². The number of halogens is 1. The Morgan fingerprint density at radius 2 is 2.04 bits per heavy atom. The monoisotopic (exact) mass is 389 g/mol. The van der Waals surface area contributed by atoms with Gasteiger partial charge in [-0.15, -0.1) is 0 Å². The lowest BCUT2D eigenvalue weighted by atomic mass is 10.0. The zero-order valence-electron chi connectivity index (χ0n) is 15.8. The molecule has 0 spiro atoms. The first-order chi connectivity index (χ1) is 13.0. The lowest BCUT2D eigenvalue weighted by molar-refractivity contribution is -0.121. The van der Waals surface area contributed by atoms with Crippen molar-refractivity contribution in [3.63, 3.8) is 0 Å². The Bertz CT molecular complexity index is 837. The molecule has 0 bridgehead atoms. The maximum absolute atomic E-state index is 12.6. The Kier molecular flexibility index (Phi) is 6.11. The van der Waals surface area contributed by atoms with E-state index in [4.69, 9.17) is 25.8 Å². The van der Waals surface area contributed by atoms with Gasteiger partial charge in [0, 0.05) is 12.0 Å². The topological polar surface area (TPSA) is 56.8 Å². The van der Waals surface area contributed by atoms with Crippen LogP contribution >= 0.6 is 11.6 Å². The Hall–Kier alpha value is -2.40. The van der Waals surface area contributed by atoms with Gasteiger partial charge in [-0.3, -0.25) is 4.79 Å². The smallest absolute Gasteiger partial charge is 0.224 e. The van der Waals surface area contributed by atoms with Gasteiger partial charge in [0.1, 0.15) is 5.75 Å². The van der Waals surface area contributed by atoms with Crippen molar-refractivity contribution < 1.29 is 19.0 Å². The average molecular weight is 390 g/mol. The fourth-order valence-corrected chi connectivity index (χ4v) is 3.42.